The summed E-state index contributed by atoms with van der Waals surface area (Å²) in [4.78, 5) is 2.32. The smallest absolute Gasteiger partial charge is 0.0615 e. The van der Waals surface area contributed by atoms with E-state index in [1.807, 2.05) is 0 Å². The van der Waals surface area contributed by atoms with Gasteiger partial charge in [-0.25, -0.2) is 0 Å². The second-order valence-corrected chi connectivity index (χ2v) is 5.98. The zero-order valence-corrected chi connectivity index (χ0v) is 13.7. The minimum absolute atomic E-state index is 0.125. The molecule has 19 heavy (non-hydrogen) atoms. The van der Waals surface area contributed by atoms with E-state index in [9.17, 15) is 5.11 Å². The number of likely N-dealkylation sites (N-methyl/N-ethyl adjacent to an activating group) is 1. The second-order valence-electron chi connectivity index (χ2n) is 5.98. The van der Waals surface area contributed by atoms with Crippen LogP contribution < -0.4 is 5.32 Å². The van der Waals surface area contributed by atoms with Crippen molar-refractivity contribution in [3.05, 3.63) is 0 Å². The Morgan fingerprint density at radius 2 is 1.95 bits per heavy atom. The van der Waals surface area contributed by atoms with Crippen LogP contribution in [-0.2, 0) is 4.74 Å². The van der Waals surface area contributed by atoms with Crippen molar-refractivity contribution in [1.82, 2.24) is 10.2 Å². The molecule has 0 heterocycles. The van der Waals surface area contributed by atoms with Gasteiger partial charge in [0, 0.05) is 24.7 Å². The quantitative estimate of drug-likeness (QED) is 0.604. The minimum atomic E-state index is -0.125. The molecule has 0 aromatic rings. The van der Waals surface area contributed by atoms with Gasteiger partial charge in [0.1, 0.15) is 0 Å². The van der Waals surface area contributed by atoms with Crippen LogP contribution in [0.4, 0.5) is 0 Å². The zero-order valence-electron chi connectivity index (χ0n) is 13.7. The van der Waals surface area contributed by atoms with Gasteiger partial charge in [-0.3, -0.25) is 0 Å². The van der Waals surface area contributed by atoms with Gasteiger partial charge >= 0.3 is 0 Å². The van der Waals surface area contributed by atoms with Crippen molar-refractivity contribution in [3.63, 3.8) is 0 Å². The van der Waals surface area contributed by atoms with Gasteiger partial charge in [-0.05, 0) is 39.8 Å². The normalized spacial score (nSPS) is 16.9. The van der Waals surface area contributed by atoms with Crippen LogP contribution in [-0.4, -0.2) is 61.5 Å². The van der Waals surface area contributed by atoms with Gasteiger partial charge in [0.25, 0.3) is 0 Å². The lowest BCUT2D eigenvalue weighted by molar-refractivity contribution is 0.104. The highest BCUT2D eigenvalue weighted by Gasteiger charge is 2.27. The maximum absolute atomic E-state index is 9.69. The van der Waals surface area contributed by atoms with Crippen molar-refractivity contribution in [2.24, 2.45) is 0 Å². The third kappa shape index (κ3) is 7.25. The number of aliphatic hydroxyl groups excluding tert-OH is 1. The van der Waals surface area contributed by atoms with Crippen molar-refractivity contribution in [2.75, 3.05) is 33.9 Å². The van der Waals surface area contributed by atoms with E-state index in [0.717, 1.165) is 32.4 Å². The predicted molar refractivity (Wildman–Crippen MR) is 81.6 cm³/mol. The molecule has 0 aromatic carbocycles. The summed E-state index contributed by atoms with van der Waals surface area (Å²) in [7, 11) is 3.87. The third-order valence-corrected chi connectivity index (χ3v) is 3.90. The molecule has 0 rings (SSSR count). The van der Waals surface area contributed by atoms with E-state index in [0.29, 0.717) is 12.1 Å². The van der Waals surface area contributed by atoms with E-state index in [2.05, 4.69) is 45.0 Å². The highest BCUT2D eigenvalue weighted by atomic mass is 16.5. The molecule has 0 radical (unpaired) electrons. The molecule has 2 unspecified atom stereocenters. The van der Waals surface area contributed by atoms with Gasteiger partial charge < -0.3 is 20.1 Å². The minimum Gasteiger partial charge on any atom is -0.394 e. The lowest BCUT2D eigenvalue weighted by Gasteiger charge is -2.35. The van der Waals surface area contributed by atoms with Crippen molar-refractivity contribution in [1.29, 1.82) is 0 Å². The number of rotatable bonds is 11. The average molecular weight is 274 g/mol. The molecule has 0 amide bonds. The number of nitrogens with zero attached hydrogens (tertiary/aromatic N) is 1. The lowest BCUT2D eigenvalue weighted by atomic mass is 9.90. The van der Waals surface area contributed by atoms with Gasteiger partial charge in [-0.15, -0.1) is 0 Å². The molecule has 0 aliphatic heterocycles. The SMILES string of the molecule is CCC(CO)(CCCN(C)C(C)COC)NC(C)C. The van der Waals surface area contributed by atoms with Crippen LogP contribution >= 0.6 is 0 Å². The molecular formula is C15H34N2O2. The van der Waals surface area contributed by atoms with Crippen LogP contribution in [0.25, 0.3) is 0 Å². The lowest BCUT2D eigenvalue weighted by Crippen LogP contribution is -2.51. The molecule has 2 atom stereocenters. The Morgan fingerprint density at radius 3 is 2.37 bits per heavy atom. The van der Waals surface area contributed by atoms with Gasteiger partial charge in [0.15, 0.2) is 0 Å². The zero-order chi connectivity index (χ0) is 14.9. The molecule has 0 aromatic heterocycles. The standard InChI is InChI=1S/C15H34N2O2/c1-7-15(12-18,16-13(2)3)9-8-10-17(5)14(4)11-19-6/h13-14,16,18H,7-12H2,1-6H3. The maximum Gasteiger partial charge on any atom is 0.0615 e. The highest BCUT2D eigenvalue weighted by Crippen LogP contribution is 2.18. The largest absolute Gasteiger partial charge is 0.394 e. The van der Waals surface area contributed by atoms with E-state index < -0.39 is 0 Å². The number of nitrogens with one attached hydrogen (secondary N) is 1. The molecule has 116 valence electrons. The Hall–Kier alpha value is -0.160. The number of aliphatic hydroxyl groups is 1. The van der Waals surface area contributed by atoms with E-state index in [4.69, 9.17) is 4.74 Å². The average Bonchev–Trinajstić information content (AvgIpc) is 2.37. The van der Waals surface area contributed by atoms with Gasteiger partial charge in [0.05, 0.1) is 13.2 Å². The molecule has 0 saturated heterocycles. The molecule has 0 aliphatic carbocycles. The summed E-state index contributed by atoms with van der Waals surface area (Å²) in [6.07, 6.45) is 3.04. The van der Waals surface area contributed by atoms with E-state index in [1.54, 1.807) is 7.11 Å². The van der Waals surface area contributed by atoms with Crippen molar-refractivity contribution >= 4 is 0 Å². The third-order valence-electron chi connectivity index (χ3n) is 3.90. The summed E-state index contributed by atoms with van der Waals surface area (Å²) < 4.78 is 5.17. The number of methoxy groups -OCH3 is 1. The van der Waals surface area contributed by atoms with Crippen molar-refractivity contribution < 1.29 is 9.84 Å². The van der Waals surface area contributed by atoms with Crippen molar-refractivity contribution in [3.8, 4) is 0 Å². The van der Waals surface area contributed by atoms with E-state index in [1.165, 1.54) is 0 Å². The molecule has 0 fully saturated rings. The fraction of sp³-hybridized carbons (Fsp3) is 1.00. The highest BCUT2D eigenvalue weighted by molar-refractivity contribution is 4.87. The molecule has 0 saturated carbocycles. The fourth-order valence-corrected chi connectivity index (χ4v) is 2.46. The Bertz CT molecular complexity index is 218. The van der Waals surface area contributed by atoms with Crippen LogP contribution in [0, 0.1) is 0 Å². The Balaban J connectivity index is 4.19. The first-order valence-electron chi connectivity index (χ1n) is 7.48. The van der Waals surface area contributed by atoms with Gasteiger partial charge in [0.2, 0.25) is 0 Å². The fourth-order valence-electron chi connectivity index (χ4n) is 2.46. The number of ether oxygens (including phenoxy) is 1. The first-order chi connectivity index (χ1) is 8.90. The Labute approximate surface area is 119 Å². The second kappa shape index (κ2) is 9.70. The summed E-state index contributed by atoms with van der Waals surface area (Å²) in [5, 5.41) is 13.2. The molecule has 4 nitrogen and oxygen atoms in total. The number of hydrogen-bond acceptors (Lipinski definition) is 4. The predicted octanol–water partition coefficient (Wildman–Crippen LogP) is 1.87. The van der Waals surface area contributed by atoms with Crippen LogP contribution in [0.2, 0.25) is 0 Å². The maximum atomic E-state index is 9.69. The molecular weight excluding hydrogens is 240 g/mol. The molecule has 0 aliphatic rings. The van der Waals surface area contributed by atoms with Gasteiger partial charge in [-0.1, -0.05) is 20.8 Å². The monoisotopic (exact) mass is 274 g/mol. The van der Waals surface area contributed by atoms with Crippen LogP contribution in [0.3, 0.4) is 0 Å². The summed E-state index contributed by atoms with van der Waals surface area (Å²) in [6.45, 7) is 10.6. The summed E-state index contributed by atoms with van der Waals surface area (Å²) in [6, 6.07) is 0.838. The summed E-state index contributed by atoms with van der Waals surface area (Å²) >= 11 is 0. The van der Waals surface area contributed by atoms with E-state index >= 15 is 0 Å². The topological polar surface area (TPSA) is 44.7 Å². The Morgan fingerprint density at radius 1 is 1.32 bits per heavy atom. The molecule has 4 heteroatoms. The Kier molecular flexibility index (Phi) is 9.62. The molecule has 0 bridgehead atoms. The van der Waals surface area contributed by atoms with Gasteiger partial charge in [-0.2, -0.15) is 0 Å². The summed E-state index contributed by atoms with van der Waals surface area (Å²) in [5.41, 5.74) is -0.125. The number of hydrogen-bond donors (Lipinski definition) is 2. The summed E-state index contributed by atoms with van der Waals surface area (Å²) in [5.74, 6) is 0. The first-order valence-corrected chi connectivity index (χ1v) is 7.48. The molecule has 2 N–H and O–H groups in total. The first kappa shape index (κ1) is 18.8. The van der Waals surface area contributed by atoms with Crippen molar-refractivity contribution in [2.45, 2.75) is 64.6 Å². The van der Waals surface area contributed by atoms with Crippen LogP contribution in [0.15, 0.2) is 0 Å². The van der Waals surface area contributed by atoms with E-state index in [-0.39, 0.29) is 12.1 Å². The van der Waals surface area contributed by atoms with Crippen LogP contribution in [0.1, 0.15) is 47.0 Å². The molecule has 0 spiro atoms. The van der Waals surface area contributed by atoms with Crippen LogP contribution in [0.5, 0.6) is 0 Å².